The summed E-state index contributed by atoms with van der Waals surface area (Å²) in [6, 6.07) is 10.3. The van der Waals surface area contributed by atoms with Gasteiger partial charge in [-0.15, -0.1) is 0 Å². The molecule has 2 aromatic rings. The lowest BCUT2D eigenvalue weighted by Crippen LogP contribution is -2.33. The number of hydrogen-bond donors (Lipinski definition) is 0. The normalized spacial score (nSPS) is 18.0. The molecule has 1 aromatic heterocycles. The van der Waals surface area contributed by atoms with Crippen molar-refractivity contribution in [3.05, 3.63) is 53.0 Å². The van der Waals surface area contributed by atoms with Crippen LogP contribution in [0.5, 0.6) is 0 Å². The third-order valence-corrected chi connectivity index (χ3v) is 6.23. The third kappa shape index (κ3) is 4.99. The Morgan fingerprint density at radius 3 is 2.75 bits per heavy atom. The van der Waals surface area contributed by atoms with Crippen LogP contribution in [0.1, 0.15) is 55.3 Å². The maximum Gasteiger partial charge on any atom is 0.248 e. The highest BCUT2D eigenvalue weighted by atomic mass is 16.5. The number of ether oxygens (including phenoxy) is 1. The molecule has 0 unspecified atom stereocenters. The molecule has 7 heteroatoms. The second kappa shape index (κ2) is 9.77. The van der Waals surface area contributed by atoms with E-state index in [1.807, 2.05) is 48.8 Å². The smallest absolute Gasteiger partial charge is 0.248 e. The highest BCUT2D eigenvalue weighted by molar-refractivity contribution is 6.00. The standard InChI is InChI=1S/C25H32N4O3/c1-17(2)32-16-23(31)28-13-11-20(15-28)24-26-18(3)21-14-22(30)29(25(21)27-24)12-7-10-19-8-5-4-6-9-19/h4-6,8-9,17,20H,7,10-16H2,1-3H3/t20-/m0/s1. The van der Waals surface area contributed by atoms with Crippen LogP contribution in [0.2, 0.25) is 0 Å². The molecule has 0 saturated carbocycles. The molecule has 32 heavy (non-hydrogen) atoms. The largest absolute Gasteiger partial charge is 0.369 e. The molecule has 2 aliphatic rings. The summed E-state index contributed by atoms with van der Waals surface area (Å²) in [5.74, 6) is 1.69. The zero-order chi connectivity index (χ0) is 22.7. The monoisotopic (exact) mass is 436 g/mol. The number of carbonyl (C=O) groups is 2. The molecule has 2 amide bonds. The van der Waals surface area contributed by atoms with E-state index in [1.165, 1.54) is 5.56 Å². The van der Waals surface area contributed by atoms with Crippen molar-refractivity contribution in [3.63, 3.8) is 0 Å². The Morgan fingerprint density at radius 2 is 2.00 bits per heavy atom. The van der Waals surface area contributed by atoms with E-state index in [0.717, 1.165) is 42.2 Å². The number of aryl methyl sites for hydroxylation is 2. The number of carbonyl (C=O) groups excluding carboxylic acids is 2. The van der Waals surface area contributed by atoms with Gasteiger partial charge in [-0.2, -0.15) is 0 Å². The first-order valence-corrected chi connectivity index (χ1v) is 11.5. The molecule has 2 aliphatic heterocycles. The summed E-state index contributed by atoms with van der Waals surface area (Å²) in [5.41, 5.74) is 3.09. The predicted molar refractivity (Wildman–Crippen MR) is 123 cm³/mol. The number of anilines is 1. The minimum atomic E-state index is 0.0109. The van der Waals surface area contributed by atoms with Crippen molar-refractivity contribution in [1.82, 2.24) is 14.9 Å². The van der Waals surface area contributed by atoms with Crippen molar-refractivity contribution in [2.75, 3.05) is 31.1 Å². The van der Waals surface area contributed by atoms with Gasteiger partial charge in [-0.05, 0) is 45.6 Å². The van der Waals surface area contributed by atoms with Gasteiger partial charge >= 0.3 is 0 Å². The van der Waals surface area contributed by atoms with Gasteiger partial charge in [0.15, 0.2) is 0 Å². The fourth-order valence-corrected chi connectivity index (χ4v) is 4.42. The van der Waals surface area contributed by atoms with Gasteiger partial charge in [0, 0.05) is 36.8 Å². The first-order valence-electron chi connectivity index (χ1n) is 11.5. The van der Waals surface area contributed by atoms with Gasteiger partial charge in [0.25, 0.3) is 0 Å². The number of aromatic nitrogens is 2. The molecule has 0 N–H and O–H groups in total. The van der Waals surface area contributed by atoms with Gasteiger partial charge in [-0.25, -0.2) is 9.97 Å². The number of nitrogens with zero attached hydrogens (tertiary/aromatic N) is 4. The summed E-state index contributed by atoms with van der Waals surface area (Å²) in [5, 5.41) is 0. The Bertz CT molecular complexity index is 977. The zero-order valence-electron chi connectivity index (χ0n) is 19.2. The molecule has 7 nitrogen and oxygen atoms in total. The Kier molecular flexibility index (Phi) is 6.84. The molecular formula is C25H32N4O3. The SMILES string of the molecule is Cc1nc([C@H]2CCN(C(=O)COC(C)C)C2)nc2c1CC(=O)N2CCCc1ccccc1. The highest BCUT2D eigenvalue weighted by Crippen LogP contribution is 2.33. The lowest BCUT2D eigenvalue weighted by atomic mass is 10.1. The topological polar surface area (TPSA) is 75.6 Å². The summed E-state index contributed by atoms with van der Waals surface area (Å²) < 4.78 is 5.47. The Balaban J connectivity index is 1.43. The Hall–Kier alpha value is -2.80. The van der Waals surface area contributed by atoms with Crippen LogP contribution in [0.25, 0.3) is 0 Å². The molecule has 0 bridgehead atoms. The highest BCUT2D eigenvalue weighted by Gasteiger charge is 2.34. The van der Waals surface area contributed by atoms with Gasteiger partial charge in [0.2, 0.25) is 11.8 Å². The minimum absolute atomic E-state index is 0.0109. The van der Waals surface area contributed by atoms with Crippen molar-refractivity contribution < 1.29 is 14.3 Å². The molecule has 4 rings (SSSR count). The minimum Gasteiger partial charge on any atom is -0.369 e. The van der Waals surface area contributed by atoms with Crippen LogP contribution in [-0.4, -0.2) is 59.0 Å². The van der Waals surface area contributed by atoms with E-state index >= 15 is 0 Å². The lowest BCUT2D eigenvalue weighted by molar-refractivity contribution is -0.136. The lowest BCUT2D eigenvalue weighted by Gasteiger charge is -2.19. The molecule has 1 saturated heterocycles. The molecule has 0 radical (unpaired) electrons. The van der Waals surface area contributed by atoms with Crippen LogP contribution in [0.15, 0.2) is 30.3 Å². The second-order valence-corrected chi connectivity index (χ2v) is 8.97. The predicted octanol–water partition coefficient (Wildman–Crippen LogP) is 3.05. The Morgan fingerprint density at radius 1 is 1.22 bits per heavy atom. The van der Waals surface area contributed by atoms with Gasteiger partial charge in [0.05, 0.1) is 12.5 Å². The quantitative estimate of drug-likeness (QED) is 0.636. The van der Waals surface area contributed by atoms with E-state index in [-0.39, 0.29) is 30.4 Å². The van der Waals surface area contributed by atoms with E-state index in [1.54, 1.807) is 0 Å². The van der Waals surface area contributed by atoms with Crippen LogP contribution in [0.3, 0.4) is 0 Å². The fraction of sp³-hybridized carbons (Fsp3) is 0.520. The van der Waals surface area contributed by atoms with Crippen LogP contribution >= 0.6 is 0 Å². The number of benzene rings is 1. The number of amides is 2. The first kappa shape index (κ1) is 22.4. The summed E-state index contributed by atoms with van der Waals surface area (Å²) in [6.45, 7) is 7.85. The van der Waals surface area contributed by atoms with E-state index in [2.05, 4.69) is 12.1 Å². The molecule has 0 spiro atoms. The van der Waals surface area contributed by atoms with Crippen molar-refractivity contribution >= 4 is 17.6 Å². The maximum absolute atomic E-state index is 12.7. The molecule has 1 atom stereocenters. The van der Waals surface area contributed by atoms with Gasteiger partial charge < -0.3 is 9.64 Å². The zero-order valence-corrected chi connectivity index (χ0v) is 19.2. The van der Waals surface area contributed by atoms with Crippen molar-refractivity contribution in [1.29, 1.82) is 0 Å². The molecule has 1 fully saturated rings. The third-order valence-electron chi connectivity index (χ3n) is 6.23. The van der Waals surface area contributed by atoms with Crippen LogP contribution in [-0.2, 0) is 27.2 Å². The Labute approximate surface area is 189 Å². The van der Waals surface area contributed by atoms with E-state index < -0.39 is 0 Å². The van der Waals surface area contributed by atoms with E-state index in [0.29, 0.717) is 26.1 Å². The second-order valence-electron chi connectivity index (χ2n) is 8.97. The summed E-state index contributed by atoms with van der Waals surface area (Å²) in [4.78, 5) is 38.4. The molecule has 3 heterocycles. The van der Waals surface area contributed by atoms with E-state index in [9.17, 15) is 9.59 Å². The number of rotatable bonds is 8. The van der Waals surface area contributed by atoms with Crippen molar-refractivity contribution in [2.45, 2.75) is 58.5 Å². The summed E-state index contributed by atoms with van der Waals surface area (Å²) in [6.07, 6.45) is 3.04. The van der Waals surface area contributed by atoms with Crippen LogP contribution in [0.4, 0.5) is 5.82 Å². The molecular weight excluding hydrogens is 404 g/mol. The van der Waals surface area contributed by atoms with E-state index in [4.69, 9.17) is 14.7 Å². The number of likely N-dealkylation sites (tertiary alicyclic amines) is 1. The van der Waals surface area contributed by atoms with Gasteiger partial charge in [-0.3, -0.25) is 14.5 Å². The summed E-state index contributed by atoms with van der Waals surface area (Å²) >= 11 is 0. The average molecular weight is 437 g/mol. The fourth-order valence-electron chi connectivity index (χ4n) is 4.42. The van der Waals surface area contributed by atoms with Crippen LogP contribution < -0.4 is 4.90 Å². The number of fused-ring (bicyclic) bond motifs is 1. The maximum atomic E-state index is 12.7. The van der Waals surface area contributed by atoms with Crippen LogP contribution in [0, 0.1) is 6.92 Å². The van der Waals surface area contributed by atoms with Crippen molar-refractivity contribution in [2.24, 2.45) is 0 Å². The molecule has 1 aromatic carbocycles. The van der Waals surface area contributed by atoms with Crippen molar-refractivity contribution in [3.8, 4) is 0 Å². The van der Waals surface area contributed by atoms with Gasteiger partial charge in [0.1, 0.15) is 18.2 Å². The molecule has 170 valence electrons. The molecule has 0 aliphatic carbocycles. The van der Waals surface area contributed by atoms with Gasteiger partial charge in [-0.1, -0.05) is 30.3 Å². The number of hydrogen-bond acceptors (Lipinski definition) is 5. The summed E-state index contributed by atoms with van der Waals surface area (Å²) in [7, 11) is 0. The average Bonchev–Trinajstić information content (AvgIpc) is 3.39. The first-order chi connectivity index (χ1) is 15.4.